The van der Waals surface area contributed by atoms with Crippen LogP contribution >= 0.6 is 0 Å². The molecule has 8 nitrogen and oxygen atoms in total. The highest BCUT2D eigenvalue weighted by atomic mass is 19.1. The van der Waals surface area contributed by atoms with Gasteiger partial charge in [0.05, 0.1) is 0 Å². The molecule has 0 unspecified atom stereocenters. The molecule has 0 aliphatic carbocycles. The molecule has 100 valence electrons. The zero-order valence-corrected chi connectivity index (χ0v) is 9.51. The van der Waals surface area contributed by atoms with Gasteiger partial charge in [0, 0.05) is 0 Å². The minimum Gasteiger partial charge on any atom is -0.466 e. The number of nitrogens with two attached hydrogens (primary N) is 1. The Kier molecular flexibility index (Phi) is 2.57. The van der Waals surface area contributed by atoms with Crippen LogP contribution in [0.2, 0.25) is 0 Å². The Bertz CT molecular complexity index is 658. The molecular formula is C10H10FN5O3. The lowest BCUT2D eigenvalue weighted by atomic mass is 10.2. The van der Waals surface area contributed by atoms with Gasteiger partial charge in [-0.2, -0.15) is 0 Å². The third-order valence-corrected chi connectivity index (χ3v) is 2.93. The number of nitrogens with zero attached hydrogens (tertiary/aromatic N) is 4. The molecule has 1 aliphatic rings. The second-order valence-electron chi connectivity index (χ2n) is 4.04. The zero-order chi connectivity index (χ0) is 13.6. The Labute approximate surface area is 106 Å². The number of rotatable bonds is 1. The molecule has 0 aromatic carbocycles. The fraction of sp³-hybridized carbons (Fsp3) is 0.300. The molecule has 9 heteroatoms. The molecule has 3 atom stereocenters. The smallest absolute Gasteiger partial charge is 0.207 e. The Morgan fingerprint density at radius 2 is 2.16 bits per heavy atom. The summed E-state index contributed by atoms with van der Waals surface area (Å²) < 4.78 is 19.0. The Hall–Kier alpha value is -2.26. The maximum atomic E-state index is 12.5. The molecule has 0 spiro atoms. The van der Waals surface area contributed by atoms with Gasteiger partial charge >= 0.3 is 0 Å². The summed E-state index contributed by atoms with van der Waals surface area (Å²) in [6, 6.07) is 0. The van der Waals surface area contributed by atoms with Crippen LogP contribution in [0.4, 0.5) is 10.2 Å². The Balaban J connectivity index is 2.09. The van der Waals surface area contributed by atoms with Gasteiger partial charge in [-0.05, 0) is 0 Å². The van der Waals surface area contributed by atoms with Gasteiger partial charge in [-0.3, -0.25) is 4.57 Å². The molecule has 0 bridgehead atoms. The Morgan fingerprint density at radius 1 is 1.37 bits per heavy atom. The lowest BCUT2D eigenvalue weighted by molar-refractivity contribution is -0.0120. The van der Waals surface area contributed by atoms with Crippen LogP contribution in [-0.4, -0.2) is 41.9 Å². The minimum absolute atomic E-state index is 0.107. The van der Waals surface area contributed by atoms with Gasteiger partial charge < -0.3 is 20.7 Å². The van der Waals surface area contributed by atoms with Crippen molar-refractivity contribution in [3.8, 4) is 0 Å². The van der Waals surface area contributed by atoms with Crippen molar-refractivity contribution < 1.29 is 19.3 Å². The molecule has 3 rings (SSSR count). The predicted octanol–water partition coefficient (Wildman–Crippen LogP) is -0.530. The second-order valence-corrected chi connectivity index (χ2v) is 4.04. The number of anilines is 1. The molecular weight excluding hydrogens is 257 g/mol. The summed E-state index contributed by atoms with van der Waals surface area (Å²) in [5.41, 5.74) is 6.29. The third kappa shape index (κ3) is 1.63. The van der Waals surface area contributed by atoms with E-state index in [4.69, 9.17) is 10.5 Å². The highest BCUT2D eigenvalue weighted by Crippen LogP contribution is 2.33. The number of nitrogen functional groups attached to an aromatic ring is 1. The third-order valence-electron chi connectivity index (χ3n) is 2.93. The molecule has 2 aromatic rings. The first-order valence-corrected chi connectivity index (χ1v) is 5.39. The van der Waals surface area contributed by atoms with Gasteiger partial charge in [0.15, 0.2) is 17.2 Å². The SMILES string of the molecule is Nc1ncnc2c1ncn2[C@@H]1OC(=CF)[C@@H](O)[C@@H]1O. The second kappa shape index (κ2) is 4.14. The Morgan fingerprint density at radius 3 is 2.84 bits per heavy atom. The van der Waals surface area contributed by atoms with Crippen LogP contribution < -0.4 is 5.73 Å². The first kappa shape index (κ1) is 11.8. The molecule has 0 amide bonds. The monoisotopic (exact) mass is 267 g/mol. The van der Waals surface area contributed by atoms with Crippen LogP contribution in [0, 0.1) is 0 Å². The fourth-order valence-electron chi connectivity index (χ4n) is 1.97. The zero-order valence-electron chi connectivity index (χ0n) is 9.51. The summed E-state index contributed by atoms with van der Waals surface area (Å²) in [6.45, 7) is 0. The number of imidazole rings is 1. The molecule has 0 radical (unpaired) electrons. The van der Waals surface area contributed by atoms with Crippen molar-refractivity contribution in [1.82, 2.24) is 19.5 Å². The van der Waals surface area contributed by atoms with Crippen LogP contribution in [0.3, 0.4) is 0 Å². The summed E-state index contributed by atoms with van der Waals surface area (Å²) in [5, 5.41) is 19.4. The standard InChI is InChI=1S/C10H10FN5O3/c11-1-4-6(17)7(18)10(19-4)16-3-15-5-8(12)13-2-14-9(5)16/h1-3,6-7,10,17-18H,(H2,12,13,14)/t6-,7+,10-/m1/s1. The van der Waals surface area contributed by atoms with Crippen molar-refractivity contribution in [2.45, 2.75) is 18.4 Å². The van der Waals surface area contributed by atoms with Gasteiger partial charge in [0.25, 0.3) is 0 Å². The van der Waals surface area contributed by atoms with Gasteiger partial charge in [0.2, 0.25) is 6.23 Å². The molecule has 1 saturated heterocycles. The molecule has 0 saturated carbocycles. The van der Waals surface area contributed by atoms with E-state index < -0.39 is 18.4 Å². The van der Waals surface area contributed by atoms with Crippen LogP contribution in [0.15, 0.2) is 24.7 Å². The molecule has 3 heterocycles. The molecule has 4 N–H and O–H groups in total. The number of aromatic nitrogens is 4. The number of ether oxygens (including phenoxy) is 1. The van der Waals surface area contributed by atoms with E-state index in [2.05, 4.69) is 15.0 Å². The van der Waals surface area contributed by atoms with E-state index in [1.807, 2.05) is 0 Å². The number of aliphatic hydroxyl groups is 2. The first-order chi connectivity index (χ1) is 9.13. The first-order valence-electron chi connectivity index (χ1n) is 5.39. The molecule has 19 heavy (non-hydrogen) atoms. The van der Waals surface area contributed by atoms with Crippen molar-refractivity contribution in [1.29, 1.82) is 0 Å². The number of hydrogen-bond acceptors (Lipinski definition) is 7. The van der Waals surface area contributed by atoms with E-state index in [-0.39, 0.29) is 17.9 Å². The van der Waals surface area contributed by atoms with Gasteiger partial charge in [0.1, 0.15) is 36.7 Å². The summed E-state index contributed by atoms with van der Waals surface area (Å²) in [7, 11) is 0. The summed E-state index contributed by atoms with van der Waals surface area (Å²) in [4.78, 5) is 11.8. The minimum atomic E-state index is -1.44. The van der Waals surface area contributed by atoms with Crippen molar-refractivity contribution in [2.24, 2.45) is 0 Å². The maximum absolute atomic E-state index is 12.5. The van der Waals surface area contributed by atoms with Gasteiger partial charge in [-0.1, -0.05) is 0 Å². The number of aliphatic hydroxyl groups excluding tert-OH is 2. The topological polar surface area (TPSA) is 119 Å². The largest absolute Gasteiger partial charge is 0.466 e. The lowest BCUT2D eigenvalue weighted by Crippen LogP contribution is -2.27. The van der Waals surface area contributed by atoms with E-state index in [0.717, 1.165) is 0 Å². The van der Waals surface area contributed by atoms with E-state index in [1.54, 1.807) is 0 Å². The van der Waals surface area contributed by atoms with E-state index in [0.29, 0.717) is 11.2 Å². The number of halogens is 1. The van der Waals surface area contributed by atoms with Crippen LogP contribution in [-0.2, 0) is 4.74 Å². The average Bonchev–Trinajstić information content (AvgIpc) is 2.94. The maximum Gasteiger partial charge on any atom is 0.207 e. The highest BCUT2D eigenvalue weighted by Gasteiger charge is 2.41. The predicted molar refractivity (Wildman–Crippen MR) is 61.1 cm³/mol. The van der Waals surface area contributed by atoms with Gasteiger partial charge in [-0.25, -0.2) is 19.3 Å². The van der Waals surface area contributed by atoms with Crippen molar-refractivity contribution in [3.05, 3.63) is 24.7 Å². The van der Waals surface area contributed by atoms with E-state index in [9.17, 15) is 14.6 Å². The fourth-order valence-corrected chi connectivity index (χ4v) is 1.97. The molecule has 2 aromatic heterocycles. The number of fused-ring (bicyclic) bond motifs is 1. The summed E-state index contributed by atoms with van der Waals surface area (Å²) in [5.74, 6) is -0.167. The average molecular weight is 267 g/mol. The number of hydrogen-bond donors (Lipinski definition) is 3. The van der Waals surface area contributed by atoms with Crippen LogP contribution in [0.1, 0.15) is 6.23 Å². The molecule has 1 aliphatic heterocycles. The van der Waals surface area contributed by atoms with E-state index >= 15 is 0 Å². The van der Waals surface area contributed by atoms with Crippen molar-refractivity contribution >= 4 is 17.0 Å². The van der Waals surface area contributed by atoms with Crippen LogP contribution in [0.5, 0.6) is 0 Å². The summed E-state index contributed by atoms with van der Waals surface area (Å²) in [6.07, 6.45) is -1.13. The van der Waals surface area contributed by atoms with Crippen molar-refractivity contribution in [3.63, 3.8) is 0 Å². The normalized spacial score (nSPS) is 29.0. The van der Waals surface area contributed by atoms with Gasteiger partial charge in [-0.15, -0.1) is 0 Å². The quantitative estimate of drug-likeness (QED) is 0.635. The lowest BCUT2D eigenvalue weighted by Gasteiger charge is -2.15. The summed E-state index contributed by atoms with van der Waals surface area (Å²) >= 11 is 0. The van der Waals surface area contributed by atoms with Crippen LogP contribution in [0.25, 0.3) is 11.2 Å². The highest BCUT2D eigenvalue weighted by molar-refractivity contribution is 5.81. The van der Waals surface area contributed by atoms with E-state index in [1.165, 1.54) is 17.2 Å². The molecule has 1 fully saturated rings. The van der Waals surface area contributed by atoms with Crippen molar-refractivity contribution in [2.75, 3.05) is 5.73 Å².